The molecule has 0 aromatic carbocycles. The van der Waals surface area contributed by atoms with Gasteiger partial charge in [0.15, 0.2) is 0 Å². The Morgan fingerprint density at radius 3 is 2.86 bits per heavy atom. The zero-order valence-electron chi connectivity index (χ0n) is 12.7. The lowest BCUT2D eigenvalue weighted by atomic mass is 10.2. The monoisotopic (exact) mass is 294 g/mol. The number of nitrogens with one attached hydrogen (secondary N) is 1. The van der Waals surface area contributed by atoms with Crippen LogP contribution in [0.15, 0.2) is 6.33 Å². The molecule has 8 nitrogen and oxygen atoms in total. The van der Waals surface area contributed by atoms with Crippen molar-refractivity contribution in [1.82, 2.24) is 14.9 Å². The van der Waals surface area contributed by atoms with Gasteiger partial charge in [0.25, 0.3) is 0 Å². The first kappa shape index (κ1) is 15.4. The van der Waals surface area contributed by atoms with Crippen LogP contribution < -0.4 is 10.2 Å². The van der Waals surface area contributed by atoms with Gasteiger partial charge in [0.1, 0.15) is 6.33 Å². The minimum absolute atomic E-state index is 0.0228. The number of aromatic nitrogens is 2. The van der Waals surface area contributed by atoms with E-state index in [1.54, 1.807) is 0 Å². The molecule has 1 N–H and O–H groups in total. The van der Waals surface area contributed by atoms with Gasteiger partial charge in [-0.1, -0.05) is 6.92 Å². The van der Waals surface area contributed by atoms with E-state index >= 15 is 0 Å². The number of anilines is 2. The van der Waals surface area contributed by atoms with Crippen molar-refractivity contribution >= 4 is 17.3 Å². The number of nitro groups is 1. The molecule has 0 spiro atoms. The first-order valence-electron chi connectivity index (χ1n) is 7.19. The minimum atomic E-state index is -0.393. The summed E-state index contributed by atoms with van der Waals surface area (Å²) in [6, 6.07) is 0.395. The topological polar surface area (TPSA) is 87.4 Å². The van der Waals surface area contributed by atoms with E-state index in [2.05, 4.69) is 20.2 Å². The van der Waals surface area contributed by atoms with Crippen molar-refractivity contribution in [3.63, 3.8) is 0 Å². The van der Waals surface area contributed by atoms with Crippen LogP contribution in [0.25, 0.3) is 0 Å². The van der Waals surface area contributed by atoms with Crippen molar-refractivity contribution in [2.75, 3.05) is 43.9 Å². The van der Waals surface area contributed by atoms with Crippen LogP contribution in [0.3, 0.4) is 0 Å². The Bertz CT molecular complexity index is 507. The van der Waals surface area contributed by atoms with Gasteiger partial charge in [0.2, 0.25) is 11.6 Å². The Morgan fingerprint density at radius 1 is 1.52 bits per heavy atom. The first-order valence-corrected chi connectivity index (χ1v) is 7.19. The van der Waals surface area contributed by atoms with Crippen molar-refractivity contribution in [3.05, 3.63) is 16.4 Å². The summed E-state index contributed by atoms with van der Waals surface area (Å²) in [6.07, 6.45) is 3.25. The third-order valence-corrected chi connectivity index (χ3v) is 3.72. The maximum Gasteiger partial charge on any atom is 0.353 e. The summed E-state index contributed by atoms with van der Waals surface area (Å²) in [7, 11) is 4.05. The predicted octanol–water partition coefficient (Wildman–Crippen LogP) is 1.35. The van der Waals surface area contributed by atoms with Crippen LogP contribution in [0, 0.1) is 10.1 Å². The number of hydrogen-bond acceptors (Lipinski definition) is 7. The third kappa shape index (κ3) is 3.38. The molecule has 1 aromatic heterocycles. The van der Waals surface area contributed by atoms with E-state index < -0.39 is 4.92 Å². The highest BCUT2D eigenvalue weighted by Crippen LogP contribution is 2.33. The maximum absolute atomic E-state index is 11.4. The smallest absolute Gasteiger partial charge is 0.353 e. The lowest BCUT2D eigenvalue weighted by molar-refractivity contribution is -0.383. The summed E-state index contributed by atoms with van der Waals surface area (Å²) in [5.74, 6) is 0.720. The molecule has 0 bridgehead atoms. The van der Waals surface area contributed by atoms with Gasteiger partial charge < -0.3 is 15.1 Å². The van der Waals surface area contributed by atoms with Gasteiger partial charge in [-0.15, -0.1) is 0 Å². The van der Waals surface area contributed by atoms with Crippen molar-refractivity contribution in [1.29, 1.82) is 0 Å². The molecule has 0 saturated carbocycles. The van der Waals surface area contributed by atoms with E-state index in [-0.39, 0.29) is 5.69 Å². The van der Waals surface area contributed by atoms with E-state index in [4.69, 9.17) is 0 Å². The van der Waals surface area contributed by atoms with E-state index in [9.17, 15) is 10.1 Å². The standard InChI is InChI=1S/C13H22N6O2/c1-4-6-14-12-11(19(20)21)13(16-9-15-12)18-7-5-10(8-18)17(2)3/h9-10H,4-8H2,1-3H3,(H,14,15,16). The largest absolute Gasteiger partial charge is 0.364 e. The fraction of sp³-hybridized carbons (Fsp3) is 0.692. The van der Waals surface area contributed by atoms with Gasteiger partial charge in [-0.3, -0.25) is 10.1 Å². The van der Waals surface area contributed by atoms with Crippen LogP contribution in [-0.2, 0) is 0 Å². The van der Waals surface area contributed by atoms with Crippen LogP contribution in [0.2, 0.25) is 0 Å². The Kier molecular flexibility index (Phi) is 4.89. The second kappa shape index (κ2) is 6.66. The summed E-state index contributed by atoms with van der Waals surface area (Å²) >= 11 is 0. The highest BCUT2D eigenvalue weighted by Gasteiger charge is 2.32. The van der Waals surface area contributed by atoms with Crippen molar-refractivity contribution in [2.45, 2.75) is 25.8 Å². The van der Waals surface area contributed by atoms with Crippen LogP contribution in [-0.4, -0.2) is 59.6 Å². The minimum Gasteiger partial charge on any atom is -0.364 e. The van der Waals surface area contributed by atoms with E-state index in [1.807, 2.05) is 25.9 Å². The molecule has 8 heteroatoms. The highest BCUT2D eigenvalue weighted by atomic mass is 16.6. The molecule has 2 rings (SSSR count). The van der Waals surface area contributed by atoms with E-state index in [0.717, 1.165) is 25.9 Å². The Labute approximate surface area is 124 Å². The zero-order chi connectivity index (χ0) is 15.4. The number of likely N-dealkylation sites (N-methyl/N-ethyl adjacent to an activating group) is 1. The molecular formula is C13H22N6O2. The molecule has 0 aliphatic carbocycles. The normalized spacial score (nSPS) is 18.3. The summed E-state index contributed by atoms with van der Waals surface area (Å²) in [6.45, 7) is 4.17. The summed E-state index contributed by atoms with van der Waals surface area (Å²) < 4.78 is 0. The molecule has 1 aliphatic heterocycles. The van der Waals surface area contributed by atoms with Crippen LogP contribution in [0.1, 0.15) is 19.8 Å². The second-order valence-corrected chi connectivity index (χ2v) is 5.43. The Balaban J connectivity index is 2.29. The molecule has 21 heavy (non-hydrogen) atoms. The number of hydrogen-bond donors (Lipinski definition) is 1. The van der Waals surface area contributed by atoms with Gasteiger partial charge in [0, 0.05) is 25.7 Å². The fourth-order valence-corrected chi connectivity index (χ4v) is 2.50. The van der Waals surface area contributed by atoms with E-state index in [1.165, 1.54) is 6.33 Å². The Hall–Kier alpha value is -1.96. The molecular weight excluding hydrogens is 272 g/mol. The van der Waals surface area contributed by atoms with Crippen LogP contribution in [0.4, 0.5) is 17.3 Å². The quantitative estimate of drug-likeness (QED) is 0.626. The molecule has 0 radical (unpaired) electrons. The lowest BCUT2D eigenvalue weighted by Crippen LogP contribution is -2.32. The average Bonchev–Trinajstić information content (AvgIpc) is 2.94. The lowest BCUT2D eigenvalue weighted by Gasteiger charge is -2.21. The van der Waals surface area contributed by atoms with Crippen molar-refractivity contribution in [3.8, 4) is 0 Å². The fourth-order valence-electron chi connectivity index (χ4n) is 2.50. The zero-order valence-corrected chi connectivity index (χ0v) is 12.7. The third-order valence-electron chi connectivity index (χ3n) is 3.72. The van der Waals surface area contributed by atoms with Gasteiger partial charge in [0.05, 0.1) is 4.92 Å². The molecule has 1 aromatic rings. The van der Waals surface area contributed by atoms with Gasteiger partial charge in [-0.2, -0.15) is 0 Å². The van der Waals surface area contributed by atoms with Gasteiger partial charge in [-0.05, 0) is 26.9 Å². The number of rotatable bonds is 6. The Morgan fingerprint density at radius 2 is 2.29 bits per heavy atom. The summed E-state index contributed by atoms with van der Waals surface area (Å²) in [5, 5.41) is 14.4. The van der Waals surface area contributed by atoms with Crippen molar-refractivity contribution in [2.24, 2.45) is 0 Å². The van der Waals surface area contributed by atoms with Gasteiger partial charge in [-0.25, -0.2) is 9.97 Å². The predicted molar refractivity (Wildman–Crippen MR) is 81.8 cm³/mol. The average molecular weight is 294 g/mol. The highest BCUT2D eigenvalue weighted by molar-refractivity contribution is 5.70. The SMILES string of the molecule is CCCNc1ncnc(N2CCC(N(C)C)C2)c1[N+](=O)[O-]. The maximum atomic E-state index is 11.4. The van der Waals surface area contributed by atoms with E-state index in [0.29, 0.717) is 24.2 Å². The molecule has 1 saturated heterocycles. The van der Waals surface area contributed by atoms with Gasteiger partial charge >= 0.3 is 5.69 Å². The van der Waals surface area contributed by atoms with Crippen LogP contribution in [0.5, 0.6) is 0 Å². The molecule has 1 unspecified atom stereocenters. The molecule has 0 amide bonds. The molecule has 116 valence electrons. The molecule has 1 atom stereocenters. The van der Waals surface area contributed by atoms with Crippen LogP contribution >= 0.6 is 0 Å². The number of nitrogens with zero attached hydrogens (tertiary/aromatic N) is 5. The molecule has 1 fully saturated rings. The second-order valence-electron chi connectivity index (χ2n) is 5.43. The molecule has 2 heterocycles. The summed E-state index contributed by atoms with van der Waals surface area (Å²) in [5.41, 5.74) is -0.0228. The summed E-state index contributed by atoms with van der Waals surface area (Å²) in [4.78, 5) is 23.3. The van der Waals surface area contributed by atoms with Crippen molar-refractivity contribution < 1.29 is 4.92 Å². The first-order chi connectivity index (χ1) is 10.0. The molecule has 1 aliphatic rings.